The molecule has 0 radical (unpaired) electrons. The number of hydrogen-bond donors (Lipinski definition) is 1. The van der Waals surface area contributed by atoms with Gasteiger partial charge >= 0.3 is 0 Å². The molecule has 1 fully saturated rings. The summed E-state index contributed by atoms with van der Waals surface area (Å²) < 4.78 is 28.8. The lowest BCUT2D eigenvalue weighted by Crippen LogP contribution is -2.20. The molecule has 7 nitrogen and oxygen atoms in total. The van der Waals surface area contributed by atoms with Crippen LogP contribution in [0.4, 0.5) is 5.69 Å². The molecule has 1 amide bonds. The maximum absolute atomic E-state index is 12.4. The van der Waals surface area contributed by atoms with E-state index in [4.69, 9.17) is 5.26 Å². The quantitative estimate of drug-likeness (QED) is 0.876. The zero-order valence-corrected chi connectivity index (χ0v) is 15.5. The average Bonchev–Trinajstić information content (AvgIpc) is 3.06. The molecule has 1 aliphatic heterocycles. The number of carbonyl (C=O) groups excluding carboxylic acids is 1. The fourth-order valence-corrected chi connectivity index (χ4v) is 3.80. The Kier molecular flexibility index (Phi) is 5.23. The van der Waals surface area contributed by atoms with E-state index in [-0.39, 0.29) is 10.8 Å². The van der Waals surface area contributed by atoms with Crippen LogP contribution < -0.4 is 5.32 Å². The highest BCUT2D eigenvalue weighted by molar-refractivity contribution is 7.90. The normalized spacial score (nSPS) is 15.6. The Morgan fingerprint density at radius 1 is 1.15 bits per heavy atom. The first kappa shape index (κ1) is 18.6. The fraction of sp³-hybridized carbons (Fsp3) is 0.211. The predicted octanol–water partition coefficient (Wildman–Crippen LogP) is 2.62. The van der Waals surface area contributed by atoms with E-state index in [0.717, 1.165) is 13.0 Å². The summed E-state index contributed by atoms with van der Waals surface area (Å²) in [5.41, 5.74) is 1.34. The first-order chi connectivity index (χ1) is 12.9. The highest BCUT2D eigenvalue weighted by Gasteiger charge is 2.20. The van der Waals surface area contributed by atoms with Gasteiger partial charge in [-0.15, -0.1) is 4.40 Å². The smallest absolute Gasteiger partial charge is 0.283 e. The summed E-state index contributed by atoms with van der Waals surface area (Å²) in [6.07, 6.45) is 1.54. The standard InChI is InChI=1S/C19H18N4O3S/c1-23-12-2-3-18(23)22-27(25,26)17-10-8-16(9-11-17)21-19(24)15-6-4-14(13-20)5-7-15/h4-11H,2-3,12H2,1H3,(H,21,24)/b22-18-. The lowest BCUT2D eigenvalue weighted by atomic mass is 10.1. The largest absolute Gasteiger partial charge is 0.362 e. The SMILES string of the molecule is CN1CCC/C1=N/S(=O)(=O)c1ccc(NC(=O)c2ccc(C#N)cc2)cc1. The number of hydrogen-bond acceptors (Lipinski definition) is 4. The second-order valence-electron chi connectivity index (χ2n) is 6.18. The van der Waals surface area contributed by atoms with Gasteiger partial charge in [-0.2, -0.15) is 13.7 Å². The third kappa shape index (κ3) is 4.33. The van der Waals surface area contributed by atoms with Gasteiger partial charge in [0, 0.05) is 31.3 Å². The molecule has 1 saturated heterocycles. The van der Waals surface area contributed by atoms with Crippen molar-refractivity contribution in [1.29, 1.82) is 5.26 Å². The van der Waals surface area contributed by atoms with Gasteiger partial charge in [0.25, 0.3) is 15.9 Å². The molecule has 0 aromatic heterocycles. The zero-order chi connectivity index (χ0) is 19.4. The summed E-state index contributed by atoms with van der Waals surface area (Å²) in [5.74, 6) is 0.219. The number of benzene rings is 2. The number of nitrogens with zero attached hydrogens (tertiary/aromatic N) is 3. The average molecular weight is 382 g/mol. The van der Waals surface area contributed by atoms with Crippen molar-refractivity contribution in [3.8, 4) is 6.07 Å². The van der Waals surface area contributed by atoms with Crippen molar-refractivity contribution in [2.24, 2.45) is 4.40 Å². The first-order valence-electron chi connectivity index (χ1n) is 8.35. The van der Waals surface area contributed by atoms with Gasteiger partial charge in [0.2, 0.25) is 0 Å². The molecule has 27 heavy (non-hydrogen) atoms. The van der Waals surface area contributed by atoms with Crippen molar-refractivity contribution in [3.63, 3.8) is 0 Å². The summed E-state index contributed by atoms with van der Waals surface area (Å²) in [5, 5.41) is 11.5. The van der Waals surface area contributed by atoms with Crippen LogP contribution in [0.15, 0.2) is 57.8 Å². The van der Waals surface area contributed by atoms with E-state index in [2.05, 4.69) is 9.71 Å². The molecule has 1 N–H and O–H groups in total. The molecule has 0 atom stereocenters. The summed E-state index contributed by atoms with van der Waals surface area (Å²) in [7, 11) is -1.96. The maximum Gasteiger partial charge on any atom is 0.283 e. The van der Waals surface area contributed by atoms with Crippen molar-refractivity contribution in [1.82, 2.24) is 4.90 Å². The molecule has 0 unspecified atom stereocenters. The molecule has 0 bridgehead atoms. The number of sulfonamides is 1. The van der Waals surface area contributed by atoms with Crippen LogP contribution in [0.5, 0.6) is 0 Å². The Balaban J connectivity index is 1.73. The number of anilines is 1. The molecule has 138 valence electrons. The van der Waals surface area contributed by atoms with E-state index >= 15 is 0 Å². The van der Waals surface area contributed by atoms with Gasteiger partial charge in [-0.25, -0.2) is 0 Å². The van der Waals surface area contributed by atoms with Crippen LogP contribution in [0, 0.1) is 11.3 Å². The lowest BCUT2D eigenvalue weighted by molar-refractivity contribution is 0.102. The van der Waals surface area contributed by atoms with Gasteiger partial charge < -0.3 is 10.2 Å². The maximum atomic E-state index is 12.4. The number of nitrogens with one attached hydrogen (secondary N) is 1. The second kappa shape index (κ2) is 7.60. The fourth-order valence-electron chi connectivity index (χ4n) is 2.71. The van der Waals surface area contributed by atoms with Crippen molar-refractivity contribution in [2.45, 2.75) is 17.7 Å². The van der Waals surface area contributed by atoms with E-state index < -0.39 is 10.0 Å². The molecule has 0 saturated carbocycles. The number of likely N-dealkylation sites (tertiary alicyclic amines) is 1. The molecule has 0 spiro atoms. The Bertz CT molecular complexity index is 1020. The first-order valence-corrected chi connectivity index (χ1v) is 9.79. The van der Waals surface area contributed by atoms with E-state index in [1.165, 1.54) is 24.3 Å². The molecule has 3 rings (SSSR count). The lowest BCUT2D eigenvalue weighted by Gasteiger charge is -2.11. The molecule has 8 heteroatoms. The van der Waals surface area contributed by atoms with Gasteiger partial charge in [0.05, 0.1) is 16.5 Å². The van der Waals surface area contributed by atoms with Crippen LogP contribution in [0.25, 0.3) is 0 Å². The van der Waals surface area contributed by atoms with E-state index in [0.29, 0.717) is 29.1 Å². The molecular formula is C19H18N4O3S. The highest BCUT2D eigenvalue weighted by Crippen LogP contribution is 2.19. The molecule has 0 aliphatic carbocycles. The van der Waals surface area contributed by atoms with Gasteiger partial charge in [-0.1, -0.05) is 0 Å². The number of amidine groups is 1. The monoisotopic (exact) mass is 382 g/mol. The van der Waals surface area contributed by atoms with Gasteiger partial charge in [0.1, 0.15) is 5.84 Å². The summed E-state index contributed by atoms with van der Waals surface area (Å²) in [4.78, 5) is 14.1. The topological polar surface area (TPSA) is 103 Å². The van der Waals surface area contributed by atoms with Crippen LogP contribution in [-0.4, -0.2) is 38.7 Å². The van der Waals surface area contributed by atoms with Crippen LogP contribution in [0.1, 0.15) is 28.8 Å². The summed E-state index contributed by atoms with van der Waals surface area (Å²) >= 11 is 0. The summed E-state index contributed by atoms with van der Waals surface area (Å²) in [6, 6.07) is 14.1. The number of amides is 1. The van der Waals surface area contributed by atoms with Crippen molar-refractivity contribution in [2.75, 3.05) is 18.9 Å². The molecule has 2 aromatic carbocycles. The number of carbonyl (C=O) groups is 1. The Morgan fingerprint density at radius 2 is 1.81 bits per heavy atom. The van der Waals surface area contributed by atoms with Crippen molar-refractivity contribution in [3.05, 3.63) is 59.7 Å². The predicted molar refractivity (Wildman–Crippen MR) is 102 cm³/mol. The van der Waals surface area contributed by atoms with Gasteiger partial charge in [0.15, 0.2) is 0 Å². The molecule has 1 aliphatic rings. The summed E-state index contributed by atoms with van der Waals surface area (Å²) in [6.45, 7) is 0.800. The van der Waals surface area contributed by atoms with Gasteiger partial charge in [-0.3, -0.25) is 4.79 Å². The number of rotatable bonds is 4. The molecule has 2 aromatic rings. The van der Waals surface area contributed by atoms with E-state index in [1.54, 1.807) is 24.3 Å². The van der Waals surface area contributed by atoms with Crippen LogP contribution in [0.2, 0.25) is 0 Å². The van der Waals surface area contributed by atoms with Crippen molar-refractivity contribution >= 4 is 27.5 Å². The van der Waals surface area contributed by atoms with Gasteiger partial charge in [-0.05, 0) is 55.0 Å². The van der Waals surface area contributed by atoms with Crippen LogP contribution >= 0.6 is 0 Å². The third-order valence-electron chi connectivity index (χ3n) is 4.25. The molecule has 1 heterocycles. The zero-order valence-electron chi connectivity index (χ0n) is 14.7. The van der Waals surface area contributed by atoms with Crippen molar-refractivity contribution < 1.29 is 13.2 Å². The van der Waals surface area contributed by atoms with E-state index in [1.807, 2.05) is 18.0 Å². The highest BCUT2D eigenvalue weighted by atomic mass is 32.2. The Labute approximate surface area is 158 Å². The minimum absolute atomic E-state index is 0.0756. The van der Waals surface area contributed by atoms with Crippen LogP contribution in [0.3, 0.4) is 0 Å². The minimum atomic E-state index is -3.78. The molecular weight excluding hydrogens is 364 g/mol. The Morgan fingerprint density at radius 3 is 2.37 bits per heavy atom. The second-order valence-corrected chi connectivity index (χ2v) is 7.78. The third-order valence-corrected chi connectivity index (χ3v) is 5.57. The number of nitriles is 1. The minimum Gasteiger partial charge on any atom is -0.362 e. The van der Waals surface area contributed by atoms with E-state index in [9.17, 15) is 13.2 Å². The Hall–Kier alpha value is -3.18. The van der Waals surface area contributed by atoms with Crippen LogP contribution in [-0.2, 0) is 10.0 Å².